The van der Waals surface area contributed by atoms with E-state index < -0.39 is 5.60 Å². The van der Waals surface area contributed by atoms with Crippen molar-refractivity contribution in [3.63, 3.8) is 0 Å². The van der Waals surface area contributed by atoms with Crippen molar-refractivity contribution in [2.75, 3.05) is 26.3 Å². The van der Waals surface area contributed by atoms with Crippen LogP contribution in [0.3, 0.4) is 0 Å². The second-order valence-corrected chi connectivity index (χ2v) is 5.80. The first kappa shape index (κ1) is 14.8. The molecule has 1 unspecified atom stereocenters. The minimum Gasteiger partial charge on any atom is -0.388 e. The van der Waals surface area contributed by atoms with Crippen molar-refractivity contribution < 1.29 is 14.6 Å². The Morgan fingerprint density at radius 2 is 2.16 bits per heavy atom. The lowest BCUT2D eigenvalue weighted by Crippen LogP contribution is -2.46. The third-order valence-corrected chi connectivity index (χ3v) is 4.17. The van der Waals surface area contributed by atoms with Crippen LogP contribution in [0, 0.1) is 0 Å². The van der Waals surface area contributed by atoms with Gasteiger partial charge in [0.1, 0.15) is 0 Å². The molecule has 5 heteroatoms. The normalized spacial score (nSPS) is 26.9. The maximum absolute atomic E-state index is 11.8. The zero-order chi connectivity index (χ0) is 13.6. The van der Waals surface area contributed by atoms with Gasteiger partial charge in [0, 0.05) is 45.1 Å². The molecule has 3 N–H and O–H groups in total. The molecule has 0 saturated carbocycles. The first-order valence-corrected chi connectivity index (χ1v) is 7.48. The number of carbonyl (C=O) groups is 1. The molecule has 19 heavy (non-hydrogen) atoms. The smallest absolute Gasteiger partial charge is 0.220 e. The van der Waals surface area contributed by atoms with Crippen molar-refractivity contribution in [2.45, 2.75) is 56.6 Å². The van der Waals surface area contributed by atoms with Crippen molar-refractivity contribution in [1.82, 2.24) is 10.6 Å². The van der Waals surface area contributed by atoms with Gasteiger partial charge in [-0.1, -0.05) is 6.42 Å². The van der Waals surface area contributed by atoms with E-state index in [1.807, 2.05) is 0 Å². The molecule has 0 aromatic heterocycles. The number of amides is 1. The number of hydrogen-bond acceptors (Lipinski definition) is 4. The second kappa shape index (κ2) is 7.22. The van der Waals surface area contributed by atoms with Gasteiger partial charge in [0.25, 0.3) is 0 Å². The first-order valence-electron chi connectivity index (χ1n) is 7.48. The Morgan fingerprint density at radius 3 is 2.84 bits per heavy atom. The molecule has 5 nitrogen and oxygen atoms in total. The number of aliphatic hydroxyl groups is 1. The van der Waals surface area contributed by atoms with Crippen molar-refractivity contribution >= 4 is 5.91 Å². The second-order valence-electron chi connectivity index (χ2n) is 5.80. The summed E-state index contributed by atoms with van der Waals surface area (Å²) in [6.07, 6.45) is 6.35. The minimum absolute atomic E-state index is 0.0484. The van der Waals surface area contributed by atoms with Crippen LogP contribution in [0.15, 0.2) is 0 Å². The highest BCUT2D eigenvalue weighted by atomic mass is 16.5. The molecule has 2 rings (SSSR count). The van der Waals surface area contributed by atoms with Crippen molar-refractivity contribution in [3.05, 3.63) is 0 Å². The van der Waals surface area contributed by atoms with Crippen LogP contribution < -0.4 is 10.6 Å². The van der Waals surface area contributed by atoms with Gasteiger partial charge < -0.3 is 20.5 Å². The van der Waals surface area contributed by atoms with Gasteiger partial charge in [-0.15, -0.1) is 0 Å². The van der Waals surface area contributed by atoms with Gasteiger partial charge in [0.2, 0.25) is 5.91 Å². The van der Waals surface area contributed by atoms with Crippen LogP contribution in [0.1, 0.15) is 44.9 Å². The number of piperidine rings is 1. The SMILES string of the molecule is O=C(CCC1CCCCN1)NCC1(O)CCOCC1. The standard InChI is InChI=1S/C14H26N2O3/c17-13(5-4-12-3-1-2-8-15-12)16-11-14(18)6-9-19-10-7-14/h12,15,18H,1-11H2,(H,16,17). The molecule has 0 aromatic rings. The van der Waals surface area contributed by atoms with Crippen LogP contribution in [0.2, 0.25) is 0 Å². The number of hydrogen-bond donors (Lipinski definition) is 3. The molecule has 1 amide bonds. The zero-order valence-electron chi connectivity index (χ0n) is 11.6. The summed E-state index contributed by atoms with van der Waals surface area (Å²) in [6.45, 7) is 2.59. The van der Waals surface area contributed by atoms with Gasteiger partial charge in [-0.05, 0) is 25.8 Å². The Balaban J connectivity index is 1.61. The number of rotatable bonds is 5. The fraction of sp³-hybridized carbons (Fsp3) is 0.929. The van der Waals surface area contributed by atoms with E-state index in [2.05, 4.69) is 10.6 Å². The van der Waals surface area contributed by atoms with Crippen molar-refractivity contribution in [3.8, 4) is 0 Å². The summed E-state index contributed by atoms with van der Waals surface area (Å²) in [5, 5.41) is 16.5. The average Bonchev–Trinajstić information content (AvgIpc) is 2.45. The molecule has 1 atom stereocenters. The van der Waals surface area contributed by atoms with Crippen LogP contribution in [0.25, 0.3) is 0 Å². The van der Waals surface area contributed by atoms with Gasteiger partial charge in [-0.2, -0.15) is 0 Å². The Morgan fingerprint density at radius 1 is 1.37 bits per heavy atom. The maximum Gasteiger partial charge on any atom is 0.220 e. The third-order valence-electron chi connectivity index (χ3n) is 4.17. The van der Waals surface area contributed by atoms with Crippen LogP contribution in [0.5, 0.6) is 0 Å². The summed E-state index contributed by atoms with van der Waals surface area (Å²) in [7, 11) is 0. The maximum atomic E-state index is 11.8. The Bertz CT molecular complexity index is 284. The van der Waals surface area contributed by atoms with Crippen molar-refractivity contribution in [2.24, 2.45) is 0 Å². The van der Waals surface area contributed by atoms with E-state index in [0.717, 1.165) is 13.0 Å². The van der Waals surface area contributed by atoms with Crippen LogP contribution in [-0.2, 0) is 9.53 Å². The molecule has 2 heterocycles. The molecule has 0 aromatic carbocycles. The molecule has 110 valence electrons. The van der Waals surface area contributed by atoms with Crippen LogP contribution >= 0.6 is 0 Å². The van der Waals surface area contributed by atoms with Gasteiger partial charge in [0.15, 0.2) is 0 Å². The fourth-order valence-electron chi connectivity index (χ4n) is 2.76. The van der Waals surface area contributed by atoms with Gasteiger partial charge in [-0.25, -0.2) is 0 Å². The van der Waals surface area contributed by atoms with Gasteiger partial charge in [-0.3, -0.25) is 4.79 Å². The Hall–Kier alpha value is -0.650. The predicted molar refractivity (Wildman–Crippen MR) is 72.9 cm³/mol. The third kappa shape index (κ3) is 5.09. The van der Waals surface area contributed by atoms with E-state index in [1.54, 1.807) is 0 Å². The first-order chi connectivity index (χ1) is 9.18. The van der Waals surface area contributed by atoms with Crippen LogP contribution in [-0.4, -0.2) is 49.0 Å². The highest BCUT2D eigenvalue weighted by Crippen LogP contribution is 2.19. The van der Waals surface area contributed by atoms with Gasteiger partial charge >= 0.3 is 0 Å². The number of nitrogens with one attached hydrogen (secondary N) is 2. The van der Waals surface area contributed by atoms with Gasteiger partial charge in [0.05, 0.1) is 5.60 Å². The fourth-order valence-corrected chi connectivity index (χ4v) is 2.76. The molecular formula is C14H26N2O3. The largest absolute Gasteiger partial charge is 0.388 e. The number of ether oxygens (including phenoxy) is 1. The summed E-state index contributed by atoms with van der Waals surface area (Å²) in [6, 6.07) is 0.491. The number of carbonyl (C=O) groups excluding carboxylic acids is 1. The molecule has 2 aliphatic heterocycles. The summed E-state index contributed by atoms with van der Waals surface area (Å²) < 4.78 is 5.22. The summed E-state index contributed by atoms with van der Waals surface area (Å²) in [5.41, 5.74) is -0.767. The van der Waals surface area contributed by atoms with Crippen molar-refractivity contribution in [1.29, 1.82) is 0 Å². The molecule has 2 saturated heterocycles. The lowest BCUT2D eigenvalue weighted by atomic mass is 9.94. The van der Waals surface area contributed by atoms with E-state index in [0.29, 0.717) is 45.1 Å². The van der Waals surface area contributed by atoms with Crippen LogP contribution in [0.4, 0.5) is 0 Å². The molecule has 0 bridgehead atoms. The lowest BCUT2D eigenvalue weighted by molar-refractivity contribution is -0.124. The lowest BCUT2D eigenvalue weighted by Gasteiger charge is -2.32. The topological polar surface area (TPSA) is 70.6 Å². The molecule has 0 spiro atoms. The van der Waals surface area contributed by atoms with E-state index in [9.17, 15) is 9.90 Å². The minimum atomic E-state index is -0.767. The van der Waals surface area contributed by atoms with E-state index in [4.69, 9.17) is 4.74 Å². The molecular weight excluding hydrogens is 244 g/mol. The molecule has 0 radical (unpaired) electrons. The zero-order valence-corrected chi connectivity index (χ0v) is 11.6. The quantitative estimate of drug-likeness (QED) is 0.683. The van der Waals surface area contributed by atoms with E-state index in [-0.39, 0.29) is 5.91 Å². The van der Waals surface area contributed by atoms with E-state index in [1.165, 1.54) is 19.3 Å². The average molecular weight is 270 g/mol. The Kier molecular flexibility index (Phi) is 5.60. The molecule has 0 aliphatic carbocycles. The Labute approximate surface area is 115 Å². The highest BCUT2D eigenvalue weighted by Gasteiger charge is 2.30. The molecule has 2 aliphatic rings. The summed E-state index contributed by atoms with van der Waals surface area (Å²) >= 11 is 0. The monoisotopic (exact) mass is 270 g/mol. The summed E-state index contributed by atoms with van der Waals surface area (Å²) in [5.74, 6) is 0.0484. The van der Waals surface area contributed by atoms with E-state index >= 15 is 0 Å². The summed E-state index contributed by atoms with van der Waals surface area (Å²) in [4.78, 5) is 11.8. The highest BCUT2D eigenvalue weighted by molar-refractivity contribution is 5.75. The molecule has 2 fully saturated rings. The predicted octanol–water partition coefficient (Wildman–Crippen LogP) is 0.566.